The van der Waals surface area contributed by atoms with Crippen LogP contribution in [-0.4, -0.2) is 83.3 Å². The van der Waals surface area contributed by atoms with Gasteiger partial charge < -0.3 is 19.7 Å². The van der Waals surface area contributed by atoms with Crippen molar-refractivity contribution in [2.45, 2.75) is 25.3 Å². The third kappa shape index (κ3) is 7.57. The summed E-state index contributed by atoms with van der Waals surface area (Å²) in [5.74, 6) is 2.92. The number of ether oxygens (including phenoxy) is 2. The first-order chi connectivity index (χ1) is 20.5. The first kappa shape index (κ1) is 29.3. The number of hydrogen-bond acceptors (Lipinski definition) is 8. The summed E-state index contributed by atoms with van der Waals surface area (Å²) in [7, 11) is 3.27. The fourth-order valence-electron chi connectivity index (χ4n) is 5.17. The highest BCUT2D eigenvalue weighted by molar-refractivity contribution is 6.32. The van der Waals surface area contributed by atoms with Crippen LogP contribution in [0.2, 0.25) is 5.02 Å². The number of anilines is 1. The number of benzene rings is 2. The van der Waals surface area contributed by atoms with Crippen molar-refractivity contribution < 1.29 is 14.3 Å². The minimum absolute atomic E-state index is 0.0256. The molecule has 2 aromatic heterocycles. The maximum atomic E-state index is 13.2. The Labute approximate surface area is 251 Å². The summed E-state index contributed by atoms with van der Waals surface area (Å²) in [6.45, 7) is 3.70. The second kappa shape index (κ2) is 14.2. The van der Waals surface area contributed by atoms with E-state index >= 15 is 0 Å². The van der Waals surface area contributed by atoms with Crippen LogP contribution in [0.1, 0.15) is 17.5 Å². The first-order valence-corrected chi connectivity index (χ1v) is 14.4. The summed E-state index contributed by atoms with van der Waals surface area (Å²) >= 11 is 6.27. The van der Waals surface area contributed by atoms with E-state index in [-0.39, 0.29) is 11.9 Å². The van der Waals surface area contributed by atoms with Crippen molar-refractivity contribution in [2.24, 2.45) is 0 Å². The summed E-state index contributed by atoms with van der Waals surface area (Å²) in [6, 6.07) is 15.8. The van der Waals surface area contributed by atoms with Crippen LogP contribution in [0.3, 0.4) is 0 Å². The molecule has 11 heteroatoms. The lowest BCUT2D eigenvalue weighted by Crippen LogP contribution is -2.55. The number of rotatable bonds is 12. The largest absolute Gasteiger partial charge is 0.497 e. The molecule has 1 atom stereocenters. The molecule has 0 spiro atoms. The molecule has 1 amide bonds. The van der Waals surface area contributed by atoms with Gasteiger partial charge in [-0.25, -0.2) is 9.97 Å². The quantitative estimate of drug-likeness (QED) is 0.266. The van der Waals surface area contributed by atoms with Gasteiger partial charge in [0.25, 0.3) is 0 Å². The molecular formula is C31H36ClN7O3. The smallest absolute Gasteiger partial charge is 0.236 e. The standard InChI is InChI=1S/C31H36ClN7O3/c1-41-26-6-3-23(4-7-26)11-15-37-17-18-38(29-10-13-35-31(36-29)39-16-14-33-22-39)21-25(37)20-30(40)34-12-9-24-5-8-28(42-2)27(32)19-24/h3-8,10,13-14,16,19,22,25H,9,11-12,15,17-18,20-21H2,1-2H3,(H,34,40). The van der Waals surface area contributed by atoms with Gasteiger partial charge >= 0.3 is 0 Å². The predicted molar refractivity (Wildman–Crippen MR) is 163 cm³/mol. The fourth-order valence-corrected chi connectivity index (χ4v) is 5.45. The zero-order valence-corrected chi connectivity index (χ0v) is 24.7. The Balaban J connectivity index is 1.23. The van der Waals surface area contributed by atoms with Crippen LogP contribution < -0.4 is 19.7 Å². The van der Waals surface area contributed by atoms with Crippen molar-refractivity contribution in [1.82, 2.24) is 29.7 Å². The highest BCUT2D eigenvalue weighted by atomic mass is 35.5. The number of halogens is 1. The SMILES string of the molecule is COc1ccc(CCN2CCN(c3ccnc(-n4ccnc4)n3)CC2CC(=O)NCCc2ccc(OC)c(Cl)c2)cc1. The maximum absolute atomic E-state index is 13.2. The van der Waals surface area contributed by atoms with Crippen LogP contribution in [0.15, 0.2) is 73.4 Å². The van der Waals surface area contributed by atoms with Crippen LogP contribution in [0.4, 0.5) is 5.82 Å². The first-order valence-electron chi connectivity index (χ1n) is 14.0. The van der Waals surface area contributed by atoms with Crippen molar-refractivity contribution in [1.29, 1.82) is 0 Å². The van der Waals surface area contributed by atoms with Crippen LogP contribution in [0, 0.1) is 0 Å². The number of methoxy groups -OCH3 is 2. The van der Waals surface area contributed by atoms with Gasteiger partial charge in [-0.2, -0.15) is 4.98 Å². The van der Waals surface area contributed by atoms with Gasteiger partial charge in [0.15, 0.2) is 0 Å². The van der Waals surface area contributed by atoms with E-state index in [9.17, 15) is 4.79 Å². The molecule has 0 saturated carbocycles. The second-order valence-corrected chi connectivity index (χ2v) is 10.6. The highest BCUT2D eigenvalue weighted by Gasteiger charge is 2.29. The van der Waals surface area contributed by atoms with Crippen molar-refractivity contribution in [3.8, 4) is 17.4 Å². The summed E-state index contributed by atoms with van der Waals surface area (Å²) in [5, 5.41) is 3.67. The lowest BCUT2D eigenvalue weighted by atomic mass is 10.1. The van der Waals surface area contributed by atoms with Gasteiger partial charge in [0.05, 0.1) is 19.2 Å². The molecule has 4 aromatic rings. The average molecular weight is 590 g/mol. The van der Waals surface area contributed by atoms with Crippen LogP contribution in [0.5, 0.6) is 11.5 Å². The molecule has 1 aliphatic heterocycles. The van der Waals surface area contributed by atoms with E-state index in [0.29, 0.717) is 42.7 Å². The number of nitrogens with one attached hydrogen (secondary N) is 1. The third-order valence-corrected chi connectivity index (χ3v) is 7.81. The lowest BCUT2D eigenvalue weighted by molar-refractivity contribution is -0.122. The Bertz CT molecular complexity index is 1450. The molecule has 42 heavy (non-hydrogen) atoms. The van der Waals surface area contributed by atoms with E-state index in [4.69, 9.17) is 26.1 Å². The zero-order valence-electron chi connectivity index (χ0n) is 23.9. The van der Waals surface area contributed by atoms with Gasteiger partial charge in [-0.05, 0) is 54.3 Å². The Kier molecular flexibility index (Phi) is 9.89. The van der Waals surface area contributed by atoms with Crippen molar-refractivity contribution in [2.75, 3.05) is 51.8 Å². The summed E-state index contributed by atoms with van der Waals surface area (Å²) in [6.07, 6.45) is 8.94. The monoisotopic (exact) mass is 589 g/mol. The molecular weight excluding hydrogens is 554 g/mol. The maximum Gasteiger partial charge on any atom is 0.236 e. The molecule has 10 nitrogen and oxygen atoms in total. The number of carbonyl (C=O) groups is 1. The molecule has 0 radical (unpaired) electrons. The van der Waals surface area contributed by atoms with Crippen LogP contribution in [-0.2, 0) is 17.6 Å². The highest BCUT2D eigenvalue weighted by Crippen LogP contribution is 2.25. The lowest BCUT2D eigenvalue weighted by Gasteiger charge is -2.42. The Hall–Kier alpha value is -4.15. The molecule has 1 saturated heterocycles. The second-order valence-electron chi connectivity index (χ2n) is 10.2. The molecule has 1 aliphatic rings. The molecule has 0 bridgehead atoms. The molecule has 0 aliphatic carbocycles. The molecule has 220 valence electrons. The molecule has 5 rings (SSSR count). The fraction of sp³-hybridized carbons (Fsp3) is 0.355. The number of carbonyl (C=O) groups excluding carboxylic acids is 1. The van der Waals surface area contributed by atoms with Gasteiger partial charge in [-0.3, -0.25) is 14.3 Å². The normalized spacial score (nSPS) is 15.4. The Morgan fingerprint density at radius 3 is 2.60 bits per heavy atom. The number of nitrogens with zero attached hydrogens (tertiary/aromatic N) is 6. The molecule has 3 heterocycles. The average Bonchev–Trinajstić information content (AvgIpc) is 3.56. The number of imidazole rings is 1. The molecule has 2 aromatic carbocycles. The topological polar surface area (TPSA) is 97.6 Å². The van der Waals surface area contributed by atoms with E-state index in [1.165, 1.54) is 5.56 Å². The number of hydrogen-bond donors (Lipinski definition) is 1. The van der Waals surface area contributed by atoms with E-state index in [0.717, 1.165) is 43.2 Å². The number of amides is 1. The van der Waals surface area contributed by atoms with Crippen molar-refractivity contribution in [3.63, 3.8) is 0 Å². The van der Waals surface area contributed by atoms with Gasteiger partial charge in [-0.15, -0.1) is 0 Å². The van der Waals surface area contributed by atoms with Crippen LogP contribution >= 0.6 is 11.6 Å². The van der Waals surface area contributed by atoms with E-state index in [1.54, 1.807) is 37.5 Å². The predicted octanol–water partition coefficient (Wildman–Crippen LogP) is 3.82. The minimum Gasteiger partial charge on any atom is -0.497 e. The van der Waals surface area contributed by atoms with E-state index in [1.807, 2.05) is 42.6 Å². The van der Waals surface area contributed by atoms with E-state index < -0.39 is 0 Å². The number of aromatic nitrogens is 4. The van der Waals surface area contributed by atoms with Gasteiger partial charge in [0.1, 0.15) is 23.6 Å². The minimum atomic E-state index is 0.0256. The number of piperazine rings is 1. The Morgan fingerprint density at radius 2 is 1.86 bits per heavy atom. The molecule has 1 N–H and O–H groups in total. The van der Waals surface area contributed by atoms with Gasteiger partial charge in [0.2, 0.25) is 11.9 Å². The summed E-state index contributed by atoms with van der Waals surface area (Å²) in [5.41, 5.74) is 2.28. The summed E-state index contributed by atoms with van der Waals surface area (Å²) < 4.78 is 12.3. The van der Waals surface area contributed by atoms with Crippen molar-refractivity contribution >= 4 is 23.3 Å². The van der Waals surface area contributed by atoms with Crippen LogP contribution in [0.25, 0.3) is 5.95 Å². The Morgan fingerprint density at radius 1 is 1.02 bits per heavy atom. The molecule has 1 fully saturated rings. The zero-order chi connectivity index (χ0) is 29.3. The summed E-state index contributed by atoms with van der Waals surface area (Å²) in [4.78, 5) is 31.1. The third-order valence-electron chi connectivity index (χ3n) is 7.51. The van der Waals surface area contributed by atoms with Gasteiger partial charge in [-0.1, -0.05) is 29.8 Å². The molecule has 1 unspecified atom stereocenters. The van der Waals surface area contributed by atoms with E-state index in [2.05, 4.69) is 37.2 Å². The van der Waals surface area contributed by atoms with Gasteiger partial charge in [0, 0.05) is 63.8 Å². The van der Waals surface area contributed by atoms with Crippen molar-refractivity contribution in [3.05, 3.63) is 89.6 Å².